The molecule has 1 heterocycles. The van der Waals surface area contributed by atoms with Crippen LogP contribution in [0.5, 0.6) is 23.0 Å². The number of benzene rings is 2. The van der Waals surface area contributed by atoms with E-state index in [-0.39, 0.29) is 5.91 Å². The second kappa shape index (κ2) is 9.74. The van der Waals surface area contributed by atoms with Crippen LogP contribution in [0.3, 0.4) is 0 Å². The van der Waals surface area contributed by atoms with E-state index >= 15 is 0 Å². The van der Waals surface area contributed by atoms with Gasteiger partial charge in [0.2, 0.25) is 5.75 Å². The van der Waals surface area contributed by atoms with Crippen molar-refractivity contribution in [3.05, 3.63) is 41.0 Å². The van der Waals surface area contributed by atoms with Gasteiger partial charge in [0.1, 0.15) is 5.75 Å². The van der Waals surface area contributed by atoms with Gasteiger partial charge in [-0.1, -0.05) is 6.07 Å². The van der Waals surface area contributed by atoms with E-state index < -0.39 is 0 Å². The van der Waals surface area contributed by atoms with Gasteiger partial charge in [0, 0.05) is 12.1 Å². The summed E-state index contributed by atoms with van der Waals surface area (Å²) >= 11 is 0. The maximum Gasteiger partial charge on any atom is 0.258 e. The zero-order valence-electron chi connectivity index (χ0n) is 18.5. The van der Waals surface area contributed by atoms with Crippen LogP contribution in [0.4, 0.5) is 5.69 Å². The Bertz CT molecular complexity index is 882. The average molecular weight is 414 g/mol. The lowest BCUT2D eigenvalue weighted by molar-refractivity contribution is 0.0983. The van der Waals surface area contributed by atoms with Gasteiger partial charge < -0.3 is 23.8 Å². The van der Waals surface area contributed by atoms with E-state index in [1.807, 2.05) is 37.8 Å². The van der Waals surface area contributed by atoms with Crippen molar-refractivity contribution in [1.82, 2.24) is 0 Å². The first-order chi connectivity index (χ1) is 14.5. The number of ether oxygens (including phenoxy) is 4. The number of hydrogen-bond donors (Lipinski definition) is 0. The molecule has 0 radical (unpaired) electrons. The fourth-order valence-electron chi connectivity index (χ4n) is 3.89. The lowest BCUT2D eigenvalue weighted by atomic mass is 9.95. The van der Waals surface area contributed by atoms with E-state index in [9.17, 15) is 4.79 Å². The highest BCUT2D eigenvalue weighted by atomic mass is 16.5. The molecule has 6 heteroatoms. The first kappa shape index (κ1) is 21.8. The van der Waals surface area contributed by atoms with E-state index in [0.29, 0.717) is 54.9 Å². The molecule has 0 unspecified atom stereocenters. The molecule has 1 amide bonds. The molecule has 2 aromatic carbocycles. The van der Waals surface area contributed by atoms with Crippen molar-refractivity contribution < 1.29 is 23.7 Å². The second-order valence-electron chi connectivity index (χ2n) is 7.07. The monoisotopic (exact) mass is 413 g/mol. The van der Waals surface area contributed by atoms with Crippen LogP contribution < -0.4 is 23.8 Å². The van der Waals surface area contributed by atoms with Crippen molar-refractivity contribution >= 4 is 11.6 Å². The van der Waals surface area contributed by atoms with Gasteiger partial charge in [-0.3, -0.25) is 4.79 Å². The fourth-order valence-corrected chi connectivity index (χ4v) is 3.89. The topological polar surface area (TPSA) is 57.2 Å². The summed E-state index contributed by atoms with van der Waals surface area (Å²) in [5.41, 5.74) is 3.69. The number of anilines is 1. The van der Waals surface area contributed by atoms with Crippen LogP contribution >= 0.6 is 0 Å². The third-order valence-corrected chi connectivity index (χ3v) is 5.18. The second-order valence-corrected chi connectivity index (χ2v) is 7.07. The molecular formula is C24H31NO5. The van der Waals surface area contributed by atoms with Gasteiger partial charge in [-0.15, -0.1) is 0 Å². The quantitative estimate of drug-likeness (QED) is 0.623. The third kappa shape index (κ3) is 4.18. The van der Waals surface area contributed by atoms with Crippen LogP contribution in [0.1, 0.15) is 48.7 Å². The molecule has 2 aromatic rings. The van der Waals surface area contributed by atoms with Crippen LogP contribution in [0.15, 0.2) is 24.3 Å². The predicted octanol–water partition coefficient (Wildman–Crippen LogP) is 4.79. The van der Waals surface area contributed by atoms with Crippen LogP contribution in [0.25, 0.3) is 0 Å². The molecular weight excluding hydrogens is 382 g/mol. The normalized spacial score (nSPS) is 12.9. The fraction of sp³-hybridized carbons (Fsp3) is 0.458. The first-order valence-electron chi connectivity index (χ1n) is 10.6. The van der Waals surface area contributed by atoms with Crippen LogP contribution in [-0.4, -0.2) is 39.4 Å². The number of carbonyl (C=O) groups excluding carboxylic acids is 1. The number of rotatable bonds is 8. The van der Waals surface area contributed by atoms with Gasteiger partial charge in [-0.25, -0.2) is 0 Å². The standard InChI is InChI=1S/C24H31NO5/c1-6-28-20-14-17(15-21(29-7-2)23(20)30-8-3)24(26)25-13-9-10-18-16(4)11-12-19(27-5)22(18)25/h11-12,14-15H,6-10,13H2,1-5H3. The van der Waals surface area contributed by atoms with Gasteiger partial charge in [0.05, 0.1) is 32.6 Å². The molecule has 0 aromatic heterocycles. The van der Waals surface area contributed by atoms with Crippen molar-refractivity contribution in [3.8, 4) is 23.0 Å². The largest absolute Gasteiger partial charge is 0.495 e. The van der Waals surface area contributed by atoms with Crippen LogP contribution in [-0.2, 0) is 6.42 Å². The molecule has 0 saturated carbocycles. The molecule has 1 aliphatic rings. The molecule has 0 fully saturated rings. The molecule has 0 spiro atoms. The van der Waals surface area contributed by atoms with E-state index in [1.165, 1.54) is 5.56 Å². The lowest BCUT2D eigenvalue weighted by Gasteiger charge is -2.32. The molecule has 3 rings (SSSR count). The Hall–Kier alpha value is -2.89. The number of aryl methyl sites for hydroxylation is 1. The smallest absolute Gasteiger partial charge is 0.258 e. The summed E-state index contributed by atoms with van der Waals surface area (Å²) in [5.74, 6) is 2.17. The summed E-state index contributed by atoms with van der Waals surface area (Å²) in [5, 5.41) is 0. The summed E-state index contributed by atoms with van der Waals surface area (Å²) in [6.45, 7) is 9.81. The SMILES string of the molecule is CCOc1cc(C(=O)N2CCCc3c(C)ccc(OC)c32)cc(OCC)c1OCC. The maximum absolute atomic E-state index is 13.6. The maximum atomic E-state index is 13.6. The molecule has 30 heavy (non-hydrogen) atoms. The molecule has 1 aliphatic heterocycles. The summed E-state index contributed by atoms with van der Waals surface area (Å²) in [4.78, 5) is 15.5. The Balaban J connectivity index is 2.09. The number of fused-ring (bicyclic) bond motifs is 1. The molecule has 0 atom stereocenters. The third-order valence-electron chi connectivity index (χ3n) is 5.18. The minimum atomic E-state index is -0.107. The number of methoxy groups -OCH3 is 1. The van der Waals surface area contributed by atoms with Crippen molar-refractivity contribution in [3.63, 3.8) is 0 Å². The molecule has 162 valence electrons. The highest BCUT2D eigenvalue weighted by Gasteiger charge is 2.29. The summed E-state index contributed by atoms with van der Waals surface area (Å²) in [7, 11) is 1.64. The Labute approximate surface area is 178 Å². The van der Waals surface area contributed by atoms with E-state index in [0.717, 1.165) is 24.1 Å². The van der Waals surface area contributed by atoms with Crippen molar-refractivity contribution in [2.45, 2.75) is 40.5 Å². The van der Waals surface area contributed by atoms with Crippen molar-refractivity contribution in [1.29, 1.82) is 0 Å². The van der Waals surface area contributed by atoms with E-state index in [4.69, 9.17) is 18.9 Å². The van der Waals surface area contributed by atoms with Gasteiger partial charge in [-0.05, 0) is 69.9 Å². The van der Waals surface area contributed by atoms with Gasteiger partial charge >= 0.3 is 0 Å². The number of nitrogens with zero attached hydrogens (tertiary/aromatic N) is 1. The molecule has 0 bridgehead atoms. The molecule has 0 saturated heterocycles. The van der Waals surface area contributed by atoms with Gasteiger partial charge in [0.15, 0.2) is 11.5 Å². The molecule has 6 nitrogen and oxygen atoms in total. The van der Waals surface area contributed by atoms with Gasteiger partial charge in [-0.2, -0.15) is 0 Å². The van der Waals surface area contributed by atoms with Crippen LogP contribution in [0, 0.1) is 6.92 Å². The lowest BCUT2D eigenvalue weighted by Crippen LogP contribution is -2.36. The zero-order valence-corrected chi connectivity index (χ0v) is 18.5. The summed E-state index contributed by atoms with van der Waals surface area (Å²) in [6.07, 6.45) is 1.83. The average Bonchev–Trinajstić information content (AvgIpc) is 2.75. The Morgan fingerprint density at radius 1 is 0.967 bits per heavy atom. The Morgan fingerprint density at radius 2 is 1.60 bits per heavy atom. The molecule has 0 aliphatic carbocycles. The minimum absolute atomic E-state index is 0.107. The minimum Gasteiger partial charge on any atom is -0.495 e. The predicted molar refractivity (Wildman–Crippen MR) is 118 cm³/mol. The summed E-state index contributed by atoms with van der Waals surface area (Å²) in [6, 6.07) is 7.46. The van der Waals surface area contributed by atoms with Gasteiger partial charge in [0.25, 0.3) is 5.91 Å². The molecule has 0 N–H and O–H groups in total. The number of hydrogen-bond acceptors (Lipinski definition) is 5. The number of carbonyl (C=O) groups is 1. The Kier molecular flexibility index (Phi) is 7.08. The summed E-state index contributed by atoms with van der Waals surface area (Å²) < 4.78 is 22.9. The highest BCUT2D eigenvalue weighted by Crippen LogP contribution is 2.42. The van der Waals surface area contributed by atoms with E-state index in [2.05, 4.69) is 6.92 Å². The van der Waals surface area contributed by atoms with Crippen LogP contribution in [0.2, 0.25) is 0 Å². The van der Waals surface area contributed by atoms with E-state index in [1.54, 1.807) is 19.2 Å². The van der Waals surface area contributed by atoms with Crippen molar-refractivity contribution in [2.75, 3.05) is 38.4 Å². The Morgan fingerprint density at radius 3 is 2.17 bits per heavy atom. The number of amides is 1. The zero-order chi connectivity index (χ0) is 21.7. The highest BCUT2D eigenvalue weighted by molar-refractivity contribution is 6.08. The first-order valence-corrected chi connectivity index (χ1v) is 10.6. The van der Waals surface area contributed by atoms with Crippen molar-refractivity contribution in [2.24, 2.45) is 0 Å².